The Morgan fingerprint density at radius 3 is 2.81 bits per heavy atom. The molecule has 1 atom stereocenters. The second-order valence-electron chi connectivity index (χ2n) is 3.79. The third-order valence-corrected chi connectivity index (χ3v) is 2.81. The van der Waals surface area contributed by atoms with Gasteiger partial charge in [-0.15, -0.1) is 0 Å². The van der Waals surface area contributed by atoms with Crippen molar-refractivity contribution < 1.29 is 14.3 Å². The van der Waals surface area contributed by atoms with Gasteiger partial charge in [0.2, 0.25) is 0 Å². The molecule has 0 spiro atoms. The maximum atomic E-state index is 11.6. The summed E-state index contributed by atoms with van der Waals surface area (Å²) < 4.78 is 10.3. The molecule has 0 aliphatic carbocycles. The van der Waals surface area contributed by atoms with Crippen molar-refractivity contribution in [1.82, 2.24) is 0 Å². The van der Waals surface area contributed by atoms with Crippen LogP contribution in [0.1, 0.15) is 12.0 Å². The van der Waals surface area contributed by atoms with Gasteiger partial charge in [0, 0.05) is 11.6 Å². The van der Waals surface area contributed by atoms with E-state index >= 15 is 0 Å². The number of hydrogen-bond acceptors (Lipinski definition) is 3. The molecule has 3 nitrogen and oxygen atoms in total. The molecule has 0 bridgehead atoms. The van der Waals surface area contributed by atoms with Crippen molar-refractivity contribution in [2.24, 2.45) is 5.92 Å². The lowest BCUT2D eigenvalue weighted by atomic mass is 10.1. The number of carbonyl (C=O) groups excluding carboxylic acids is 1. The average molecular weight is 241 g/mol. The Labute approximate surface area is 99.3 Å². The summed E-state index contributed by atoms with van der Waals surface area (Å²) in [7, 11) is 0. The lowest BCUT2D eigenvalue weighted by Gasteiger charge is -2.08. The number of benzene rings is 1. The highest BCUT2D eigenvalue weighted by Gasteiger charge is 2.24. The van der Waals surface area contributed by atoms with Gasteiger partial charge in [-0.2, -0.15) is 0 Å². The van der Waals surface area contributed by atoms with Crippen LogP contribution in [-0.4, -0.2) is 19.2 Å². The number of carbonyl (C=O) groups is 1. The summed E-state index contributed by atoms with van der Waals surface area (Å²) in [5.41, 5.74) is 0.941. The van der Waals surface area contributed by atoms with E-state index in [0.717, 1.165) is 12.0 Å². The van der Waals surface area contributed by atoms with Crippen LogP contribution in [0, 0.1) is 5.92 Å². The van der Waals surface area contributed by atoms with Gasteiger partial charge in [0.05, 0.1) is 12.5 Å². The molecule has 1 aliphatic heterocycles. The minimum absolute atomic E-state index is 0.0905. The highest BCUT2D eigenvalue weighted by molar-refractivity contribution is 6.30. The molecule has 0 aromatic heterocycles. The van der Waals surface area contributed by atoms with Crippen LogP contribution in [-0.2, 0) is 20.9 Å². The van der Waals surface area contributed by atoms with Gasteiger partial charge in [-0.1, -0.05) is 23.7 Å². The molecular weight excluding hydrogens is 228 g/mol. The van der Waals surface area contributed by atoms with Crippen molar-refractivity contribution in [3.05, 3.63) is 34.9 Å². The van der Waals surface area contributed by atoms with E-state index in [4.69, 9.17) is 21.1 Å². The molecule has 2 rings (SSSR count). The van der Waals surface area contributed by atoms with Gasteiger partial charge in [-0.3, -0.25) is 4.79 Å². The third kappa shape index (κ3) is 2.97. The number of esters is 1. The largest absolute Gasteiger partial charge is 0.461 e. The van der Waals surface area contributed by atoms with E-state index < -0.39 is 0 Å². The summed E-state index contributed by atoms with van der Waals surface area (Å²) >= 11 is 5.75. The molecule has 0 N–H and O–H groups in total. The molecular formula is C12H13ClO3. The smallest absolute Gasteiger partial charge is 0.311 e. The predicted molar refractivity (Wildman–Crippen MR) is 60.2 cm³/mol. The summed E-state index contributed by atoms with van der Waals surface area (Å²) in [6.45, 7) is 1.44. The van der Waals surface area contributed by atoms with Crippen molar-refractivity contribution in [2.45, 2.75) is 13.0 Å². The molecule has 0 saturated carbocycles. The molecule has 1 aliphatic rings. The summed E-state index contributed by atoms with van der Waals surface area (Å²) in [5.74, 6) is -0.264. The first kappa shape index (κ1) is 11.4. The fourth-order valence-electron chi connectivity index (χ4n) is 1.57. The van der Waals surface area contributed by atoms with E-state index in [9.17, 15) is 4.79 Å². The van der Waals surface area contributed by atoms with Gasteiger partial charge in [0.15, 0.2) is 0 Å². The third-order valence-electron chi connectivity index (χ3n) is 2.56. The van der Waals surface area contributed by atoms with Crippen LogP contribution in [0.2, 0.25) is 5.02 Å². The van der Waals surface area contributed by atoms with Gasteiger partial charge in [0.25, 0.3) is 0 Å². The van der Waals surface area contributed by atoms with Crippen LogP contribution in [0.3, 0.4) is 0 Å². The molecule has 86 valence electrons. The average Bonchev–Trinajstić information content (AvgIpc) is 2.81. The van der Waals surface area contributed by atoms with Gasteiger partial charge in [0.1, 0.15) is 6.61 Å². The highest BCUT2D eigenvalue weighted by Crippen LogP contribution is 2.15. The predicted octanol–water partition coefficient (Wildman–Crippen LogP) is 2.42. The number of hydrogen-bond donors (Lipinski definition) is 0. The fraction of sp³-hybridized carbons (Fsp3) is 0.417. The molecule has 1 aromatic carbocycles. The Morgan fingerprint density at radius 1 is 1.44 bits per heavy atom. The zero-order valence-electron chi connectivity index (χ0n) is 8.82. The van der Waals surface area contributed by atoms with E-state index in [2.05, 4.69) is 0 Å². The van der Waals surface area contributed by atoms with Crippen LogP contribution in [0.5, 0.6) is 0 Å². The van der Waals surface area contributed by atoms with Crippen LogP contribution < -0.4 is 0 Å². The van der Waals surface area contributed by atoms with Gasteiger partial charge in [-0.25, -0.2) is 0 Å². The van der Waals surface area contributed by atoms with Gasteiger partial charge >= 0.3 is 5.97 Å². The maximum Gasteiger partial charge on any atom is 0.311 e. The first-order valence-electron chi connectivity index (χ1n) is 5.24. The van der Waals surface area contributed by atoms with Crippen LogP contribution in [0.25, 0.3) is 0 Å². The minimum Gasteiger partial charge on any atom is -0.461 e. The number of ether oxygens (including phenoxy) is 2. The van der Waals surface area contributed by atoms with Crippen molar-refractivity contribution in [1.29, 1.82) is 0 Å². The molecule has 0 radical (unpaired) electrons. The normalized spacial score (nSPS) is 19.7. The summed E-state index contributed by atoms with van der Waals surface area (Å²) in [6, 6.07) is 7.26. The van der Waals surface area contributed by atoms with Crippen molar-refractivity contribution in [3.63, 3.8) is 0 Å². The fourth-order valence-corrected chi connectivity index (χ4v) is 1.70. The second kappa shape index (κ2) is 5.32. The Hall–Kier alpha value is -1.06. The van der Waals surface area contributed by atoms with Crippen molar-refractivity contribution in [3.8, 4) is 0 Å². The molecule has 1 fully saturated rings. The van der Waals surface area contributed by atoms with Gasteiger partial charge < -0.3 is 9.47 Å². The zero-order chi connectivity index (χ0) is 11.4. The lowest BCUT2D eigenvalue weighted by molar-refractivity contribution is -0.149. The molecule has 16 heavy (non-hydrogen) atoms. The number of halogens is 1. The Balaban J connectivity index is 1.82. The molecule has 1 unspecified atom stereocenters. The van der Waals surface area contributed by atoms with Crippen LogP contribution >= 0.6 is 11.6 Å². The highest BCUT2D eigenvalue weighted by atomic mass is 35.5. The SMILES string of the molecule is O=C(OCc1ccc(Cl)cc1)C1CCOC1. The molecule has 4 heteroatoms. The van der Waals surface area contributed by atoms with E-state index in [1.807, 2.05) is 12.1 Å². The topological polar surface area (TPSA) is 35.5 Å². The first-order chi connectivity index (χ1) is 7.75. The Kier molecular flexibility index (Phi) is 3.80. The lowest BCUT2D eigenvalue weighted by Crippen LogP contribution is -2.17. The Bertz CT molecular complexity index is 355. The van der Waals surface area contributed by atoms with Crippen molar-refractivity contribution >= 4 is 17.6 Å². The summed E-state index contributed by atoms with van der Waals surface area (Å²) in [4.78, 5) is 11.6. The Morgan fingerprint density at radius 2 is 2.19 bits per heavy atom. The van der Waals surface area contributed by atoms with E-state index in [1.165, 1.54) is 0 Å². The molecule has 0 amide bonds. The molecule has 1 saturated heterocycles. The monoisotopic (exact) mass is 240 g/mol. The molecule has 1 aromatic rings. The first-order valence-corrected chi connectivity index (χ1v) is 5.62. The number of rotatable bonds is 3. The summed E-state index contributed by atoms with van der Waals surface area (Å²) in [6.07, 6.45) is 0.763. The standard InChI is InChI=1S/C12H13ClO3/c13-11-3-1-9(2-4-11)7-16-12(14)10-5-6-15-8-10/h1-4,10H,5-8H2. The van der Waals surface area contributed by atoms with E-state index in [-0.39, 0.29) is 11.9 Å². The maximum absolute atomic E-state index is 11.6. The second-order valence-corrected chi connectivity index (χ2v) is 4.23. The van der Waals surface area contributed by atoms with Crippen LogP contribution in [0.15, 0.2) is 24.3 Å². The van der Waals surface area contributed by atoms with Crippen molar-refractivity contribution in [2.75, 3.05) is 13.2 Å². The quantitative estimate of drug-likeness (QED) is 0.762. The van der Waals surface area contributed by atoms with E-state index in [1.54, 1.807) is 12.1 Å². The minimum atomic E-state index is -0.174. The van der Waals surface area contributed by atoms with Crippen LogP contribution in [0.4, 0.5) is 0 Å². The summed E-state index contributed by atoms with van der Waals surface area (Å²) in [5, 5.41) is 0.680. The van der Waals surface area contributed by atoms with E-state index in [0.29, 0.717) is 24.8 Å². The van der Waals surface area contributed by atoms with Gasteiger partial charge in [-0.05, 0) is 24.1 Å². The molecule has 1 heterocycles. The zero-order valence-corrected chi connectivity index (χ0v) is 9.57.